The highest BCUT2D eigenvalue weighted by molar-refractivity contribution is 7.93. The number of hydrogen-bond donors (Lipinski definition) is 1. The topological polar surface area (TPSA) is 75.7 Å². The Kier molecular flexibility index (Phi) is 4.44. The van der Waals surface area contributed by atoms with Crippen molar-refractivity contribution >= 4 is 49.7 Å². The molecule has 1 atom stereocenters. The lowest BCUT2D eigenvalue weighted by Gasteiger charge is -2.25. The lowest BCUT2D eigenvalue weighted by atomic mass is 10.1. The molecule has 1 amide bonds. The van der Waals surface area contributed by atoms with Crippen molar-refractivity contribution in [1.82, 2.24) is 0 Å². The van der Waals surface area contributed by atoms with Crippen LogP contribution in [-0.2, 0) is 14.8 Å². The van der Waals surface area contributed by atoms with Gasteiger partial charge in [-0.1, -0.05) is 35.9 Å². The van der Waals surface area contributed by atoms with Crippen LogP contribution < -0.4 is 14.4 Å². The SMILES string of the molecule is COc1ccc(Cl)cc1NC(=O)[C@H](C)N1c2cccc3cccc(c23)S1(=O)=O. The number of carbonyl (C=O) groups excluding carboxylic acids is 1. The fourth-order valence-electron chi connectivity index (χ4n) is 3.46. The molecule has 0 saturated carbocycles. The Morgan fingerprint density at radius 2 is 1.86 bits per heavy atom. The first-order valence-corrected chi connectivity index (χ1v) is 10.4. The number of nitrogens with one attached hydrogen (secondary N) is 1. The van der Waals surface area contributed by atoms with Crippen LogP contribution in [0.4, 0.5) is 11.4 Å². The molecular formula is C20H17ClN2O4S. The van der Waals surface area contributed by atoms with Crippen LogP contribution in [0, 0.1) is 0 Å². The number of anilines is 2. The second-order valence-corrected chi connectivity index (χ2v) is 8.66. The maximum atomic E-state index is 13.1. The number of nitrogens with zero attached hydrogens (tertiary/aromatic N) is 1. The van der Waals surface area contributed by atoms with E-state index < -0.39 is 22.0 Å². The third-order valence-corrected chi connectivity index (χ3v) is 6.93. The maximum absolute atomic E-state index is 13.1. The van der Waals surface area contributed by atoms with E-state index in [2.05, 4.69) is 5.32 Å². The molecular weight excluding hydrogens is 400 g/mol. The van der Waals surface area contributed by atoms with Gasteiger partial charge in [0.05, 0.1) is 23.4 Å². The van der Waals surface area contributed by atoms with Crippen molar-refractivity contribution in [2.75, 3.05) is 16.7 Å². The lowest BCUT2D eigenvalue weighted by Crippen LogP contribution is -2.44. The number of hydrogen-bond acceptors (Lipinski definition) is 4. The second-order valence-electron chi connectivity index (χ2n) is 6.44. The summed E-state index contributed by atoms with van der Waals surface area (Å²) in [5.74, 6) is -0.0615. The monoisotopic (exact) mass is 416 g/mol. The van der Waals surface area contributed by atoms with Crippen molar-refractivity contribution in [3.63, 3.8) is 0 Å². The predicted octanol–water partition coefficient (Wildman–Crippen LogP) is 4.04. The van der Waals surface area contributed by atoms with Gasteiger partial charge in [-0.2, -0.15) is 0 Å². The Bertz CT molecular complexity index is 1200. The highest BCUT2D eigenvalue weighted by Gasteiger charge is 2.40. The zero-order chi connectivity index (χ0) is 20.1. The average Bonchev–Trinajstić information content (AvgIpc) is 2.90. The Morgan fingerprint density at radius 3 is 2.57 bits per heavy atom. The van der Waals surface area contributed by atoms with Crippen LogP contribution in [0.15, 0.2) is 59.5 Å². The molecule has 1 aliphatic rings. The van der Waals surface area contributed by atoms with Crippen LogP contribution in [0.5, 0.6) is 5.75 Å². The van der Waals surface area contributed by atoms with E-state index >= 15 is 0 Å². The summed E-state index contributed by atoms with van der Waals surface area (Å²) < 4.78 is 32.7. The number of sulfonamides is 1. The normalized spacial score (nSPS) is 15.5. The highest BCUT2D eigenvalue weighted by Crippen LogP contribution is 2.43. The molecule has 6 nitrogen and oxygen atoms in total. The van der Waals surface area contributed by atoms with Gasteiger partial charge in [-0.3, -0.25) is 9.10 Å². The summed E-state index contributed by atoms with van der Waals surface area (Å²) in [6, 6.07) is 14.3. The van der Waals surface area contributed by atoms with Crippen molar-refractivity contribution in [3.8, 4) is 5.75 Å². The van der Waals surface area contributed by atoms with Gasteiger partial charge in [0.1, 0.15) is 11.8 Å². The van der Waals surface area contributed by atoms with Crippen molar-refractivity contribution in [2.45, 2.75) is 17.9 Å². The van der Waals surface area contributed by atoms with Crippen LogP contribution >= 0.6 is 11.6 Å². The van der Waals surface area contributed by atoms with E-state index in [1.165, 1.54) is 7.11 Å². The van der Waals surface area contributed by atoms with E-state index in [1.54, 1.807) is 49.4 Å². The number of methoxy groups -OCH3 is 1. The third-order valence-electron chi connectivity index (χ3n) is 4.77. The minimum absolute atomic E-state index is 0.209. The molecule has 0 radical (unpaired) electrons. The quantitative estimate of drug-likeness (QED) is 0.696. The largest absolute Gasteiger partial charge is 0.495 e. The van der Waals surface area contributed by atoms with Crippen molar-refractivity contribution < 1.29 is 17.9 Å². The van der Waals surface area contributed by atoms with Crippen LogP contribution in [0.1, 0.15) is 6.92 Å². The Morgan fingerprint density at radius 1 is 1.14 bits per heavy atom. The third kappa shape index (κ3) is 2.78. The summed E-state index contributed by atoms with van der Waals surface area (Å²) in [6.45, 7) is 1.55. The molecule has 0 saturated heterocycles. The average molecular weight is 417 g/mol. The molecule has 3 aromatic carbocycles. The van der Waals surface area contributed by atoms with Gasteiger partial charge >= 0.3 is 0 Å². The molecule has 4 rings (SSSR count). The first-order chi connectivity index (χ1) is 13.3. The molecule has 0 unspecified atom stereocenters. The van der Waals surface area contributed by atoms with Crippen molar-refractivity contribution in [2.24, 2.45) is 0 Å². The fourth-order valence-corrected chi connectivity index (χ4v) is 5.50. The first-order valence-electron chi connectivity index (χ1n) is 8.55. The highest BCUT2D eigenvalue weighted by atomic mass is 35.5. The van der Waals surface area contributed by atoms with Gasteiger partial charge in [-0.25, -0.2) is 8.42 Å². The van der Waals surface area contributed by atoms with Gasteiger partial charge in [-0.15, -0.1) is 0 Å². The van der Waals surface area contributed by atoms with E-state index in [0.717, 1.165) is 9.69 Å². The molecule has 0 spiro atoms. The van der Waals surface area contributed by atoms with Gasteiger partial charge in [0.25, 0.3) is 10.0 Å². The molecule has 3 aromatic rings. The molecule has 1 aliphatic heterocycles. The van der Waals surface area contributed by atoms with Gasteiger partial charge in [0.15, 0.2) is 0 Å². The number of amides is 1. The molecule has 0 fully saturated rings. The lowest BCUT2D eigenvalue weighted by molar-refractivity contribution is -0.116. The standard InChI is InChI=1S/C20H17ClN2O4S/c1-12(20(24)22-15-11-14(21)9-10-17(15)27-2)23-16-7-3-5-13-6-4-8-18(19(13)16)28(23,25)26/h3-12H,1-2H3,(H,22,24)/t12-/m0/s1. The number of ether oxygens (including phenoxy) is 1. The molecule has 8 heteroatoms. The molecule has 1 N–H and O–H groups in total. The fraction of sp³-hybridized carbons (Fsp3) is 0.150. The number of carbonyl (C=O) groups is 1. The van der Waals surface area contributed by atoms with Crippen LogP contribution in [0.3, 0.4) is 0 Å². The zero-order valence-corrected chi connectivity index (χ0v) is 16.7. The minimum atomic E-state index is -3.84. The number of benzene rings is 3. The van der Waals surface area contributed by atoms with E-state index in [-0.39, 0.29) is 4.90 Å². The van der Waals surface area contributed by atoms with Gasteiger partial charge in [0.2, 0.25) is 5.91 Å². The number of halogens is 1. The van der Waals surface area contributed by atoms with Crippen molar-refractivity contribution in [1.29, 1.82) is 0 Å². The predicted molar refractivity (Wildman–Crippen MR) is 110 cm³/mol. The van der Waals surface area contributed by atoms with Crippen molar-refractivity contribution in [3.05, 3.63) is 59.6 Å². The maximum Gasteiger partial charge on any atom is 0.265 e. The van der Waals surface area contributed by atoms with E-state index in [1.807, 2.05) is 12.1 Å². The first kappa shape index (κ1) is 18.6. The summed E-state index contributed by atoms with van der Waals surface area (Å²) in [7, 11) is -2.37. The molecule has 1 heterocycles. The molecule has 0 bridgehead atoms. The van der Waals surface area contributed by atoms with Gasteiger partial charge in [-0.05, 0) is 42.6 Å². The van der Waals surface area contributed by atoms with Crippen LogP contribution in [0.2, 0.25) is 5.02 Å². The summed E-state index contributed by atoms with van der Waals surface area (Å²) in [5.41, 5.74) is 0.868. The van der Waals surface area contributed by atoms with E-state index in [0.29, 0.717) is 27.5 Å². The zero-order valence-electron chi connectivity index (χ0n) is 15.1. The second kappa shape index (κ2) is 6.68. The summed E-state index contributed by atoms with van der Waals surface area (Å²) in [5, 5.41) is 4.59. The van der Waals surface area contributed by atoms with E-state index in [9.17, 15) is 13.2 Å². The molecule has 144 valence electrons. The van der Waals surface area contributed by atoms with Crippen LogP contribution in [0.25, 0.3) is 10.8 Å². The van der Waals surface area contributed by atoms with Gasteiger partial charge in [0, 0.05) is 10.4 Å². The van der Waals surface area contributed by atoms with Crippen LogP contribution in [-0.4, -0.2) is 27.5 Å². The molecule has 0 aliphatic carbocycles. The molecule has 0 aromatic heterocycles. The summed E-state index contributed by atoms with van der Waals surface area (Å²) >= 11 is 6.01. The Labute approximate surface area is 167 Å². The number of rotatable bonds is 4. The Hall–Kier alpha value is -2.77. The molecule has 28 heavy (non-hydrogen) atoms. The van der Waals surface area contributed by atoms with Gasteiger partial charge < -0.3 is 10.1 Å². The van der Waals surface area contributed by atoms with E-state index in [4.69, 9.17) is 16.3 Å². The smallest absolute Gasteiger partial charge is 0.265 e. The minimum Gasteiger partial charge on any atom is -0.495 e. The summed E-state index contributed by atoms with van der Waals surface area (Å²) in [4.78, 5) is 13.1. The summed E-state index contributed by atoms with van der Waals surface area (Å²) in [6.07, 6.45) is 0. The Balaban J connectivity index is 1.73.